The molecule has 0 fully saturated rings. The maximum absolute atomic E-state index is 13.8. The molecule has 8 nitrogen and oxygen atoms in total. The highest BCUT2D eigenvalue weighted by atomic mass is 32.2. The van der Waals surface area contributed by atoms with E-state index in [9.17, 15) is 18.0 Å². The first-order chi connectivity index (χ1) is 19.6. The van der Waals surface area contributed by atoms with Crippen molar-refractivity contribution in [1.29, 1.82) is 0 Å². The Hall–Kier alpha value is -3.85. The van der Waals surface area contributed by atoms with Crippen LogP contribution in [-0.4, -0.2) is 56.6 Å². The van der Waals surface area contributed by atoms with Crippen molar-refractivity contribution in [2.75, 3.05) is 23.7 Å². The fourth-order valence-corrected chi connectivity index (χ4v) is 5.25. The highest BCUT2D eigenvalue weighted by Gasteiger charge is 2.31. The van der Waals surface area contributed by atoms with Crippen LogP contribution in [0, 0.1) is 0 Å². The molecule has 220 valence electrons. The molecule has 0 unspecified atom stereocenters. The number of carbonyl (C=O) groups excluding carboxylic acids is 2. The SMILES string of the molecule is CC[C@@H](C)NC(=O)[C@@H](CC)N(CCc1ccccc1)C(=O)CN(c1ccc(OCc2ccccc2)cc1)S(C)(=O)=O. The monoisotopic (exact) mass is 579 g/mol. The fraction of sp³-hybridized carbons (Fsp3) is 0.375. The molecule has 0 bridgehead atoms. The minimum atomic E-state index is -3.81. The summed E-state index contributed by atoms with van der Waals surface area (Å²) >= 11 is 0. The number of sulfonamides is 1. The van der Waals surface area contributed by atoms with Crippen molar-refractivity contribution in [1.82, 2.24) is 10.2 Å². The van der Waals surface area contributed by atoms with Crippen molar-refractivity contribution in [3.8, 4) is 5.75 Å². The van der Waals surface area contributed by atoms with Crippen molar-refractivity contribution in [2.45, 2.75) is 58.7 Å². The van der Waals surface area contributed by atoms with Gasteiger partial charge in [-0.05, 0) is 61.6 Å². The van der Waals surface area contributed by atoms with E-state index in [1.165, 1.54) is 4.90 Å². The van der Waals surface area contributed by atoms with Crippen LogP contribution in [0.3, 0.4) is 0 Å². The molecule has 3 aromatic carbocycles. The van der Waals surface area contributed by atoms with Gasteiger partial charge in [0, 0.05) is 12.6 Å². The number of anilines is 1. The quantitative estimate of drug-likeness (QED) is 0.279. The summed E-state index contributed by atoms with van der Waals surface area (Å²) in [5.74, 6) is -0.106. The Morgan fingerprint density at radius 3 is 1.98 bits per heavy atom. The van der Waals surface area contributed by atoms with E-state index in [4.69, 9.17) is 4.74 Å². The number of hydrogen-bond acceptors (Lipinski definition) is 5. The third kappa shape index (κ3) is 9.63. The first-order valence-electron chi connectivity index (χ1n) is 14.0. The molecule has 9 heteroatoms. The van der Waals surface area contributed by atoms with Crippen LogP contribution >= 0.6 is 0 Å². The number of benzene rings is 3. The van der Waals surface area contributed by atoms with Gasteiger partial charge in [-0.1, -0.05) is 74.5 Å². The molecule has 0 aliphatic heterocycles. The van der Waals surface area contributed by atoms with Gasteiger partial charge in [0.1, 0.15) is 24.9 Å². The lowest BCUT2D eigenvalue weighted by atomic mass is 10.1. The predicted octanol–water partition coefficient (Wildman–Crippen LogP) is 4.80. The molecule has 0 heterocycles. The highest BCUT2D eigenvalue weighted by molar-refractivity contribution is 7.92. The largest absolute Gasteiger partial charge is 0.489 e. The molecule has 2 atom stereocenters. The van der Waals surface area contributed by atoms with E-state index >= 15 is 0 Å². The van der Waals surface area contributed by atoms with E-state index in [2.05, 4.69) is 5.32 Å². The first kappa shape index (κ1) is 31.7. The smallest absolute Gasteiger partial charge is 0.244 e. The average molecular weight is 580 g/mol. The molecule has 3 rings (SSSR count). The van der Waals surface area contributed by atoms with Crippen molar-refractivity contribution in [3.05, 3.63) is 96.1 Å². The predicted molar refractivity (Wildman–Crippen MR) is 163 cm³/mol. The Kier molecular flexibility index (Phi) is 11.8. The van der Waals surface area contributed by atoms with Gasteiger partial charge >= 0.3 is 0 Å². The van der Waals surface area contributed by atoms with Gasteiger partial charge in [-0.2, -0.15) is 0 Å². The van der Waals surface area contributed by atoms with Crippen molar-refractivity contribution in [2.24, 2.45) is 0 Å². The van der Waals surface area contributed by atoms with E-state index in [1.807, 2.05) is 81.4 Å². The number of amides is 2. The highest BCUT2D eigenvalue weighted by Crippen LogP contribution is 2.23. The van der Waals surface area contributed by atoms with Crippen LogP contribution in [0.1, 0.15) is 44.7 Å². The van der Waals surface area contributed by atoms with Crippen LogP contribution in [0.2, 0.25) is 0 Å². The van der Waals surface area contributed by atoms with Crippen molar-refractivity contribution in [3.63, 3.8) is 0 Å². The van der Waals surface area contributed by atoms with Crippen LogP contribution in [0.25, 0.3) is 0 Å². The molecule has 2 amide bonds. The van der Waals surface area contributed by atoms with E-state index in [-0.39, 0.29) is 18.5 Å². The molecule has 0 aromatic heterocycles. The zero-order chi connectivity index (χ0) is 29.8. The Bertz CT molecular complexity index is 1350. The zero-order valence-corrected chi connectivity index (χ0v) is 25.1. The molecule has 0 saturated heterocycles. The molecule has 1 N–H and O–H groups in total. The average Bonchev–Trinajstić information content (AvgIpc) is 2.97. The van der Waals surface area contributed by atoms with Crippen LogP contribution in [-0.2, 0) is 32.6 Å². The molecule has 0 spiro atoms. The molecular formula is C32H41N3O5S. The molecular weight excluding hydrogens is 538 g/mol. The van der Waals surface area contributed by atoms with Crippen LogP contribution in [0.5, 0.6) is 5.75 Å². The lowest BCUT2D eigenvalue weighted by Crippen LogP contribution is -2.54. The second-order valence-electron chi connectivity index (χ2n) is 10.1. The number of ether oxygens (including phenoxy) is 1. The Balaban J connectivity index is 1.81. The van der Waals surface area contributed by atoms with Gasteiger partial charge in [0.25, 0.3) is 0 Å². The lowest BCUT2D eigenvalue weighted by molar-refractivity contribution is -0.139. The minimum Gasteiger partial charge on any atom is -0.489 e. The lowest BCUT2D eigenvalue weighted by Gasteiger charge is -2.33. The second kappa shape index (κ2) is 15.2. The molecule has 3 aromatic rings. The van der Waals surface area contributed by atoms with Crippen LogP contribution in [0.15, 0.2) is 84.9 Å². The first-order valence-corrected chi connectivity index (χ1v) is 15.9. The van der Waals surface area contributed by atoms with Gasteiger partial charge in [-0.25, -0.2) is 8.42 Å². The molecule has 0 aliphatic rings. The summed E-state index contributed by atoms with van der Waals surface area (Å²) in [7, 11) is -3.81. The summed E-state index contributed by atoms with van der Waals surface area (Å²) in [6, 6.07) is 25.3. The second-order valence-corrected chi connectivity index (χ2v) is 12.0. The van der Waals surface area contributed by atoms with Gasteiger partial charge in [-0.3, -0.25) is 13.9 Å². The fourth-order valence-electron chi connectivity index (χ4n) is 4.40. The van der Waals surface area contributed by atoms with E-state index in [0.717, 1.165) is 28.1 Å². The van der Waals surface area contributed by atoms with E-state index in [0.29, 0.717) is 30.9 Å². The molecule has 0 radical (unpaired) electrons. The summed E-state index contributed by atoms with van der Waals surface area (Å²) in [5.41, 5.74) is 2.37. The Morgan fingerprint density at radius 2 is 1.44 bits per heavy atom. The van der Waals surface area contributed by atoms with Crippen molar-refractivity contribution < 1.29 is 22.7 Å². The van der Waals surface area contributed by atoms with Gasteiger partial charge in [0.05, 0.1) is 11.9 Å². The maximum atomic E-state index is 13.8. The number of rotatable bonds is 15. The number of nitrogens with one attached hydrogen (secondary N) is 1. The summed E-state index contributed by atoms with van der Waals surface area (Å²) in [4.78, 5) is 28.5. The normalized spacial score (nSPS) is 12.7. The summed E-state index contributed by atoms with van der Waals surface area (Å²) in [6.45, 7) is 5.98. The number of carbonyl (C=O) groups is 2. The number of hydrogen-bond donors (Lipinski definition) is 1. The summed E-state index contributed by atoms with van der Waals surface area (Å²) in [5, 5.41) is 2.98. The van der Waals surface area contributed by atoms with Gasteiger partial charge in [0.2, 0.25) is 21.8 Å². The van der Waals surface area contributed by atoms with Gasteiger partial charge < -0.3 is 15.0 Å². The van der Waals surface area contributed by atoms with Gasteiger partial charge in [-0.15, -0.1) is 0 Å². The van der Waals surface area contributed by atoms with Gasteiger partial charge in [0.15, 0.2) is 0 Å². The number of nitrogens with zero attached hydrogens (tertiary/aromatic N) is 2. The van der Waals surface area contributed by atoms with E-state index in [1.54, 1.807) is 24.3 Å². The zero-order valence-electron chi connectivity index (χ0n) is 24.3. The van der Waals surface area contributed by atoms with Crippen molar-refractivity contribution >= 4 is 27.5 Å². The van der Waals surface area contributed by atoms with E-state index < -0.39 is 28.5 Å². The van der Waals surface area contributed by atoms with Crippen LogP contribution < -0.4 is 14.4 Å². The standard InChI is InChI=1S/C32H41N3O5S/c1-5-25(3)33-32(37)30(6-2)34(22-21-26-13-9-7-10-14-26)31(36)23-35(41(4,38)39)28-17-19-29(20-18-28)40-24-27-15-11-8-12-16-27/h7-20,25,30H,5-6,21-24H2,1-4H3,(H,33,37)/t25-,30-/m1/s1. The summed E-state index contributed by atoms with van der Waals surface area (Å²) < 4.78 is 32.6. The Morgan fingerprint density at radius 1 is 0.854 bits per heavy atom. The molecule has 0 saturated carbocycles. The van der Waals surface area contributed by atoms with Crippen LogP contribution in [0.4, 0.5) is 5.69 Å². The summed E-state index contributed by atoms with van der Waals surface area (Å²) in [6.07, 6.45) is 2.76. The third-order valence-corrected chi connectivity index (χ3v) is 8.06. The Labute approximate surface area is 244 Å². The topological polar surface area (TPSA) is 96.0 Å². The third-order valence-electron chi connectivity index (χ3n) is 6.92. The minimum absolute atomic E-state index is 0.0437. The molecule has 0 aliphatic carbocycles. The maximum Gasteiger partial charge on any atom is 0.244 e. The molecule has 41 heavy (non-hydrogen) atoms.